The third kappa shape index (κ3) is 24.5. The molecular formula is C43H77NO8. The summed E-state index contributed by atoms with van der Waals surface area (Å²) in [6.45, 7) is 3.65. The second-order valence-electron chi connectivity index (χ2n) is 14.4. The van der Waals surface area contributed by atoms with Gasteiger partial charge in [-0.05, 0) is 64.2 Å². The molecule has 1 rings (SSSR count). The van der Waals surface area contributed by atoms with E-state index in [4.69, 9.17) is 9.47 Å². The number of carbonyl (C=O) groups excluding carboxylic acids is 1. The molecule has 1 aliphatic rings. The SMILES string of the molecule is CCC/C=C/CC/C=C/CC/C=C/C(O)C(COC1OC(CO)C(O)C(O)C1O)NC(=O)CCCCCCC/C=C\CCCCCCCCCCC. The van der Waals surface area contributed by atoms with E-state index in [0.29, 0.717) is 6.42 Å². The van der Waals surface area contributed by atoms with Crippen LogP contribution in [0, 0.1) is 0 Å². The topological polar surface area (TPSA) is 149 Å². The normalized spacial score (nSPS) is 22.3. The van der Waals surface area contributed by atoms with Crippen molar-refractivity contribution in [3.8, 4) is 0 Å². The number of carbonyl (C=O) groups is 1. The average molecular weight is 736 g/mol. The molecule has 1 heterocycles. The maximum Gasteiger partial charge on any atom is 0.220 e. The lowest BCUT2D eigenvalue weighted by molar-refractivity contribution is -0.302. The summed E-state index contributed by atoms with van der Waals surface area (Å²) in [4.78, 5) is 12.9. The molecule has 1 amide bonds. The summed E-state index contributed by atoms with van der Waals surface area (Å²) < 4.78 is 11.1. The minimum Gasteiger partial charge on any atom is -0.394 e. The number of nitrogens with one attached hydrogen (secondary N) is 1. The summed E-state index contributed by atoms with van der Waals surface area (Å²) >= 11 is 0. The fourth-order valence-electron chi connectivity index (χ4n) is 6.19. The number of hydrogen-bond donors (Lipinski definition) is 6. The van der Waals surface area contributed by atoms with E-state index in [0.717, 1.165) is 77.0 Å². The van der Waals surface area contributed by atoms with Crippen LogP contribution in [0.25, 0.3) is 0 Å². The lowest BCUT2D eigenvalue weighted by Gasteiger charge is -2.40. The van der Waals surface area contributed by atoms with Crippen molar-refractivity contribution in [1.82, 2.24) is 5.32 Å². The van der Waals surface area contributed by atoms with Crippen LogP contribution in [0.2, 0.25) is 0 Å². The Bertz CT molecular complexity index is 951. The van der Waals surface area contributed by atoms with Crippen LogP contribution in [-0.2, 0) is 14.3 Å². The number of ether oxygens (including phenoxy) is 2. The second kappa shape index (κ2) is 33.7. The van der Waals surface area contributed by atoms with Gasteiger partial charge in [0.1, 0.15) is 24.4 Å². The van der Waals surface area contributed by atoms with Crippen LogP contribution < -0.4 is 5.32 Å². The van der Waals surface area contributed by atoms with Crippen molar-refractivity contribution in [3.05, 3.63) is 48.6 Å². The van der Waals surface area contributed by atoms with Gasteiger partial charge in [0.05, 0.1) is 25.4 Å². The Balaban J connectivity index is 2.41. The van der Waals surface area contributed by atoms with Crippen molar-refractivity contribution in [1.29, 1.82) is 0 Å². The molecule has 1 aliphatic heterocycles. The van der Waals surface area contributed by atoms with Gasteiger partial charge in [-0.25, -0.2) is 0 Å². The van der Waals surface area contributed by atoms with E-state index in [1.165, 1.54) is 64.2 Å². The number of rotatable bonds is 33. The monoisotopic (exact) mass is 736 g/mol. The van der Waals surface area contributed by atoms with Crippen LogP contribution >= 0.6 is 0 Å². The number of allylic oxidation sites excluding steroid dienone is 7. The van der Waals surface area contributed by atoms with Crippen molar-refractivity contribution in [2.24, 2.45) is 0 Å². The zero-order valence-corrected chi connectivity index (χ0v) is 32.8. The smallest absolute Gasteiger partial charge is 0.220 e. The predicted molar refractivity (Wildman–Crippen MR) is 212 cm³/mol. The molecule has 0 spiro atoms. The molecule has 7 atom stereocenters. The van der Waals surface area contributed by atoms with Crippen molar-refractivity contribution >= 4 is 5.91 Å². The Morgan fingerprint density at radius 3 is 1.69 bits per heavy atom. The maximum atomic E-state index is 12.9. The van der Waals surface area contributed by atoms with Gasteiger partial charge in [-0.1, -0.05) is 140 Å². The zero-order chi connectivity index (χ0) is 38.1. The minimum atomic E-state index is -1.57. The average Bonchev–Trinajstić information content (AvgIpc) is 3.14. The first-order valence-corrected chi connectivity index (χ1v) is 20.9. The van der Waals surface area contributed by atoms with Crippen molar-refractivity contribution in [2.75, 3.05) is 13.2 Å². The van der Waals surface area contributed by atoms with Gasteiger partial charge in [0.15, 0.2) is 6.29 Å². The third-order valence-electron chi connectivity index (χ3n) is 9.58. The van der Waals surface area contributed by atoms with Gasteiger partial charge >= 0.3 is 0 Å². The van der Waals surface area contributed by atoms with E-state index >= 15 is 0 Å². The lowest BCUT2D eigenvalue weighted by atomic mass is 9.99. The molecule has 0 aliphatic carbocycles. The number of aliphatic hydroxyl groups is 5. The van der Waals surface area contributed by atoms with Gasteiger partial charge in [-0.15, -0.1) is 0 Å². The van der Waals surface area contributed by atoms with E-state index in [1.807, 2.05) is 6.08 Å². The molecule has 0 aromatic rings. The van der Waals surface area contributed by atoms with Crippen molar-refractivity contribution in [2.45, 2.75) is 204 Å². The quantitative estimate of drug-likeness (QED) is 0.0295. The highest BCUT2D eigenvalue weighted by atomic mass is 16.7. The van der Waals surface area contributed by atoms with E-state index in [2.05, 4.69) is 55.6 Å². The van der Waals surface area contributed by atoms with Gasteiger partial charge in [0, 0.05) is 6.42 Å². The van der Waals surface area contributed by atoms with Gasteiger partial charge in [-0.3, -0.25) is 4.79 Å². The molecule has 0 radical (unpaired) electrons. The molecule has 0 aromatic heterocycles. The second-order valence-corrected chi connectivity index (χ2v) is 14.4. The first kappa shape index (κ1) is 48.2. The van der Waals surface area contributed by atoms with Crippen molar-refractivity contribution < 1.29 is 39.8 Å². The summed E-state index contributed by atoms with van der Waals surface area (Å²) in [6.07, 6.45) is 34.5. The van der Waals surface area contributed by atoms with Gasteiger partial charge < -0.3 is 40.3 Å². The molecule has 0 bridgehead atoms. The van der Waals surface area contributed by atoms with Crippen LogP contribution in [0.3, 0.4) is 0 Å². The van der Waals surface area contributed by atoms with Crippen LogP contribution in [0.5, 0.6) is 0 Å². The Hall–Kier alpha value is -1.85. The molecule has 7 unspecified atom stereocenters. The Morgan fingerprint density at radius 2 is 1.13 bits per heavy atom. The molecule has 9 heteroatoms. The third-order valence-corrected chi connectivity index (χ3v) is 9.58. The van der Waals surface area contributed by atoms with Crippen molar-refractivity contribution in [3.63, 3.8) is 0 Å². The van der Waals surface area contributed by atoms with Crippen LogP contribution in [0.1, 0.15) is 162 Å². The van der Waals surface area contributed by atoms with E-state index in [-0.39, 0.29) is 12.5 Å². The standard InChI is InChI=1S/C43H77NO8/c1-3-5-7-9-11-13-15-16-17-18-19-20-21-23-25-27-29-31-33-39(47)44-36(35-51-43-42(50)41(49)40(48)38(34-45)52-43)37(46)32-30-28-26-24-22-14-12-10-8-6-4-2/h8,10,19-20,22,24,30,32,36-38,40-43,45-46,48-50H,3-7,9,11-18,21,23,25-29,31,33-35H2,1-2H3,(H,44,47)/b10-8+,20-19-,24-22+,32-30+. The Morgan fingerprint density at radius 1 is 0.635 bits per heavy atom. The highest BCUT2D eigenvalue weighted by molar-refractivity contribution is 5.76. The van der Waals surface area contributed by atoms with Gasteiger partial charge in [0.25, 0.3) is 0 Å². The summed E-state index contributed by atoms with van der Waals surface area (Å²) in [6, 6.07) is -0.830. The van der Waals surface area contributed by atoms with Gasteiger partial charge in [-0.2, -0.15) is 0 Å². The fraction of sp³-hybridized carbons (Fsp3) is 0.791. The largest absolute Gasteiger partial charge is 0.394 e. The molecule has 0 saturated carbocycles. The molecule has 0 aromatic carbocycles. The number of hydrogen-bond acceptors (Lipinski definition) is 8. The molecule has 1 fully saturated rings. The van der Waals surface area contributed by atoms with Crippen LogP contribution in [0.4, 0.5) is 0 Å². The van der Waals surface area contributed by atoms with Crippen LogP contribution in [-0.4, -0.2) is 87.5 Å². The first-order chi connectivity index (χ1) is 25.3. The Kier molecular flexibility index (Phi) is 31.2. The molecule has 6 N–H and O–H groups in total. The van der Waals surface area contributed by atoms with Gasteiger partial charge in [0.2, 0.25) is 5.91 Å². The van der Waals surface area contributed by atoms with Crippen LogP contribution in [0.15, 0.2) is 48.6 Å². The zero-order valence-electron chi connectivity index (χ0n) is 32.8. The highest BCUT2D eigenvalue weighted by Crippen LogP contribution is 2.22. The number of amides is 1. The molecular weight excluding hydrogens is 658 g/mol. The highest BCUT2D eigenvalue weighted by Gasteiger charge is 2.44. The van der Waals surface area contributed by atoms with E-state index < -0.39 is 49.5 Å². The molecule has 9 nitrogen and oxygen atoms in total. The lowest BCUT2D eigenvalue weighted by Crippen LogP contribution is -2.60. The number of unbranched alkanes of at least 4 members (excludes halogenated alkanes) is 17. The number of aliphatic hydroxyl groups excluding tert-OH is 5. The summed E-state index contributed by atoms with van der Waals surface area (Å²) in [7, 11) is 0. The summed E-state index contributed by atoms with van der Waals surface area (Å²) in [5.74, 6) is -0.204. The fourth-order valence-corrected chi connectivity index (χ4v) is 6.19. The van der Waals surface area contributed by atoms with E-state index in [1.54, 1.807) is 6.08 Å². The maximum absolute atomic E-state index is 12.9. The molecule has 1 saturated heterocycles. The summed E-state index contributed by atoms with van der Waals surface area (Å²) in [5, 5.41) is 53.9. The van der Waals surface area contributed by atoms with E-state index in [9.17, 15) is 30.3 Å². The minimum absolute atomic E-state index is 0.204. The molecule has 302 valence electrons. The Labute approximate surface area is 316 Å². The molecule has 52 heavy (non-hydrogen) atoms. The summed E-state index contributed by atoms with van der Waals surface area (Å²) in [5.41, 5.74) is 0. The first-order valence-electron chi connectivity index (χ1n) is 20.9. The predicted octanol–water partition coefficient (Wildman–Crippen LogP) is 7.89.